The lowest BCUT2D eigenvalue weighted by molar-refractivity contribution is 0.591. The molecule has 0 saturated heterocycles. The Morgan fingerprint density at radius 1 is 0.529 bits per heavy atom. The summed E-state index contributed by atoms with van der Waals surface area (Å²) in [6.07, 6.45) is 4.31. The molecule has 4 aliphatic carbocycles. The highest BCUT2D eigenvalue weighted by Gasteiger charge is 2.54. The largest absolute Gasteiger partial charge is 0.456 e. The Hall–Kier alpha value is -6.32. The molecule has 0 N–H and O–H groups in total. The molecule has 240 valence electrons. The number of hydrogen-bond donors (Lipinski definition) is 0. The monoisotopic (exact) mass is 652 g/mol. The van der Waals surface area contributed by atoms with Gasteiger partial charge >= 0.3 is 0 Å². The Morgan fingerprint density at radius 3 is 1.71 bits per heavy atom. The number of fused-ring (bicyclic) bond motifs is 3. The van der Waals surface area contributed by atoms with Crippen molar-refractivity contribution in [2.75, 3.05) is 0 Å². The number of benzene rings is 6. The summed E-state index contributed by atoms with van der Waals surface area (Å²) in [5.74, 6) is 1.98. The molecular weight excluding hydrogens is 621 g/mol. The third kappa shape index (κ3) is 4.00. The molecular formula is C48H32N2O. The molecule has 3 heteroatoms. The minimum atomic E-state index is -0.664. The van der Waals surface area contributed by atoms with Crippen LogP contribution in [-0.4, -0.2) is 9.97 Å². The Labute approximate surface area is 296 Å². The summed E-state index contributed by atoms with van der Waals surface area (Å²) >= 11 is 0. The first kappa shape index (κ1) is 28.5. The van der Waals surface area contributed by atoms with Gasteiger partial charge in [-0.15, -0.1) is 0 Å². The first-order chi connectivity index (χ1) is 25.3. The molecule has 3 nitrogen and oxygen atoms in total. The van der Waals surface area contributed by atoms with Crippen molar-refractivity contribution in [2.24, 2.45) is 0 Å². The average Bonchev–Trinajstić information content (AvgIpc) is 3.60. The maximum absolute atomic E-state index is 6.44. The zero-order valence-electron chi connectivity index (χ0n) is 27.9. The quantitative estimate of drug-likeness (QED) is 0.190. The molecule has 2 aromatic heterocycles. The number of allylic oxidation sites excluding steroid dienone is 1. The SMILES string of the molecule is C1=C(c2ccc(-c3cc(-c4ccccc4)nc(C45c6ccccc6C(c6ccccc64)c4ccccc45)n3)cc2)c2oc3ccccc3c2CC1. The van der Waals surface area contributed by atoms with E-state index < -0.39 is 5.41 Å². The summed E-state index contributed by atoms with van der Waals surface area (Å²) in [5.41, 5.74) is 15.7. The highest BCUT2D eigenvalue weighted by atomic mass is 16.3. The molecule has 0 atom stereocenters. The van der Waals surface area contributed by atoms with Crippen molar-refractivity contribution in [3.63, 3.8) is 0 Å². The van der Waals surface area contributed by atoms with Crippen LogP contribution in [0.15, 0.2) is 168 Å². The van der Waals surface area contributed by atoms with Crippen molar-refractivity contribution in [2.45, 2.75) is 24.2 Å². The van der Waals surface area contributed by atoms with Gasteiger partial charge in [-0.3, -0.25) is 0 Å². The van der Waals surface area contributed by atoms with Gasteiger partial charge in [-0.25, -0.2) is 9.97 Å². The molecule has 12 rings (SSSR count). The van der Waals surface area contributed by atoms with Crippen LogP contribution in [0.25, 0.3) is 39.1 Å². The van der Waals surface area contributed by atoms with Gasteiger partial charge in [0.2, 0.25) is 0 Å². The smallest absolute Gasteiger partial charge is 0.149 e. The second kappa shape index (κ2) is 10.8. The molecule has 51 heavy (non-hydrogen) atoms. The van der Waals surface area contributed by atoms with E-state index in [1.54, 1.807) is 0 Å². The van der Waals surface area contributed by atoms with Gasteiger partial charge in [-0.2, -0.15) is 0 Å². The van der Waals surface area contributed by atoms with E-state index in [0.717, 1.165) is 63.7 Å². The molecule has 6 aromatic carbocycles. The Kier molecular flexibility index (Phi) is 6.06. The lowest BCUT2D eigenvalue weighted by Gasteiger charge is -2.49. The van der Waals surface area contributed by atoms with Crippen molar-refractivity contribution in [1.82, 2.24) is 9.97 Å². The molecule has 4 aliphatic rings. The van der Waals surface area contributed by atoms with Crippen LogP contribution in [0.1, 0.15) is 68.4 Å². The summed E-state index contributed by atoms with van der Waals surface area (Å²) < 4.78 is 6.44. The van der Waals surface area contributed by atoms with Crippen molar-refractivity contribution in [3.8, 4) is 22.5 Å². The molecule has 0 amide bonds. The minimum absolute atomic E-state index is 0.182. The van der Waals surface area contributed by atoms with Crippen LogP contribution in [0.3, 0.4) is 0 Å². The first-order valence-electron chi connectivity index (χ1n) is 17.8. The van der Waals surface area contributed by atoms with Crippen molar-refractivity contribution >= 4 is 16.5 Å². The number of furan rings is 1. The van der Waals surface area contributed by atoms with Gasteiger partial charge in [0, 0.05) is 33.6 Å². The molecule has 2 bridgehead atoms. The highest BCUT2D eigenvalue weighted by molar-refractivity contribution is 5.91. The standard InChI is InChI=1S/C48H32N2O/c1-2-13-31(14-3-1)42-29-43(32-27-25-30(26-28-32)33-19-12-20-35-34-15-7-11-24-44(34)51-46(33)35)50-47(49-42)48-39-21-8-4-16-36(39)45(37-17-5-9-22-40(37)48)38-18-6-10-23-41(38)48/h1-11,13-19,21-29,45H,12,20H2. The molecule has 8 aromatic rings. The fourth-order valence-electron chi connectivity index (χ4n) is 9.18. The summed E-state index contributed by atoms with van der Waals surface area (Å²) in [6.45, 7) is 0. The summed E-state index contributed by atoms with van der Waals surface area (Å²) in [4.78, 5) is 11.1. The van der Waals surface area contributed by atoms with E-state index in [-0.39, 0.29) is 5.92 Å². The second-order valence-corrected chi connectivity index (χ2v) is 13.9. The zero-order chi connectivity index (χ0) is 33.5. The van der Waals surface area contributed by atoms with Crippen LogP contribution < -0.4 is 0 Å². The summed E-state index contributed by atoms with van der Waals surface area (Å²) in [5, 5.41) is 1.22. The number of hydrogen-bond acceptors (Lipinski definition) is 3. The maximum atomic E-state index is 6.44. The molecule has 0 aliphatic heterocycles. The Bertz CT molecular complexity index is 2580. The van der Waals surface area contributed by atoms with Gasteiger partial charge in [-0.1, -0.05) is 152 Å². The molecule has 2 heterocycles. The third-order valence-electron chi connectivity index (χ3n) is 11.3. The molecule has 0 radical (unpaired) electrons. The van der Waals surface area contributed by atoms with Crippen LogP contribution >= 0.6 is 0 Å². The Balaban J connectivity index is 1.12. The van der Waals surface area contributed by atoms with Crippen molar-refractivity contribution < 1.29 is 4.42 Å². The molecule has 0 unspecified atom stereocenters. The van der Waals surface area contributed by atoms with E-state index in [9.17, 15) is 0 Å². The lowest BCUT2D eigenvalue weighted by Crippen LogP contribution is -2.44. The highest BCUT2D eigenvalue weighted by Crippen LogP contribution is 2.61. The number of aryl methyl sites for hydroxylation is 1. The maximum Gasteiger partial charge on any atom is 0.149 e. The van der Waals surface area contributed by atoms with E-state index in [0.29, 0.717) is 0 Å². The summed E-state index contributed by atoms with van der Waals surface area (Å²) in [7, 11) is 0. The van der Waals surface area contributed by atoms with Gasteiger partial charge in [0.05, 0.1) is 11.4 Å². The van der Waals surface area contributed by atoms with Crippen LogP contribution in [0.5, 0.6) is 0 Å². The van der Waals surface area contributed by atoms with Crippen molar-refractivity contribution in [3.05, 3.63) is 220 Å². The summed E-state index contributed by atoms with van der Waals surface area (Å²) in [6, 6.07) is 56.7. The minimum Gasteiger partial charge on any atom is -0.456 e. The van der Waals surface area contributed by atoms with Gasteiger partial charge in [-0.05, 0) is 63.9 Å². The zero-order valence-corrected chi connectivity index (χ0v) is 27.9. The number of nitrogens with zero attached hydrogens (tertiary/aromatic N) is 2. The molecule has 0 spiro atoms. The van der Waals surface area contributed by atoms with Crippen LogP contribution in [0, 0.1) is 0 Å². The number of para-hydroxylation sites is 1. The van der Waals surface area contributed by atoms with Gasteiger partial charge in [0.1, 0.15) is 22.6 Å². The van der Waals surface area contributed by atoms with Gasteiger partial charge in [0.25, 0.3) is 0 Å². The number of aromatic nitrogens is 2. The predicted octanol–water partition coefficient (Wildman–Crippen LogP) is 11.1. The fraction of sp³-hybridized carbons (Fsp3) is 0.0833. The lowest BCUT2D eigenvalue weighted by atomic mass is 9.52. The Morgan fingerprint density at radius 2 is 1.06 bits per heavy atom. The van der Waals surface area contributed by atoms with E-state index >= 15 is 0 Å². The molecule has 0 saturated carbocycles. The van der Waals surface area contributed by atoms with Gasteiger partial charge < -0.3 is 4.42 Å². The molecule has 0 fully saturated rings. The first-order valence-corrected chi connectivity index (χ1v) is 17.8. The van der Waals surface area contributed by atoms with Crippen LogP contribution in [0.4, 0.5) is 0 Å². The van der Waals surface area contributed by atoms with Crippen LogP contribution in [-0.2, 0) is 11.8 Å². The second-order valence-electron chi connectivity index (χ2n) is 13.9. The average molecular weight is 653 g/mol. The normalized spacial score (nSPS) is 18.0. The third-order valence-corrected chi connectivity index (χ3v) is 11.3. The predicted molar refractivity (Wildman–Crippen MR) is 204 cm³/mol. The van der Waals surface area contributed by atoms with Gasteiger partial charge in [0.15, 0.2) is 0 Å². The van der Waals surface area contributed by atoms with E-state index in [4.69, 9.17) is 14.4 Å². The van der Waals surface area contributed by atoms with E-state index in [1.807, 2.05) is 6.07 Å². The van der Waals surface area contributed by atoms with E-state index in [2.05, 4.69) is 158 Å². The van der Waals surface area contributed by atoms with E-state index in [1.165, 1.54) is 44.3 Å². The fourth-order valence-corrected chi connectivity index (χ4v) is 9.18. The van der Waals surface area contributed by atoms with Crippen molar-refractivity contribution in [1.29, 1.82) is 0 Å². The van der Waals surface area contributed by atoms with Crippen LogP contribution in [0.2, 0.25) is 0 Å². The topological polar surface area (TPSA) is 38.9 Å². The number of rotatable bonds is 4.